The molecule has 1 amide bonds. The average Bonchev–Trinajstić information content (AvgIpc) is 3.43. The van der Waals surface area contributed by atoms with Crippen LogP contribution < -0.4 is 11.1 Å². The molecule has 0 spiro atoms. The zero-order valence-electron chi connectivity index (χ0n) is 21.2. The molecule has 0 aliphatic carbocycles. The first-order valence-electron chi connectivity index (χ1n) is 11.8. The lowest BCUT2D eigenvalue weighted by molar-refractivity contribution is -0.0510. The van der Waals surface area contributed by atoms with Crippen LogP contribution in [-0.4, -0.2) is 30.2 Å². The van der Waals surface area contributed by atoms with Crippen molar-refractivity contribution in [2.24, 2.45) is 5.73 Å². The van der Waals surface area contributed by atoms with E-state index in [1.807, 2.05) is 48.5 Å². The summed E-state index contributed by atoms with van der Waals surface area (Å²) in [4.78, 5) is 12.8. The standard InChI is InChI=1S/C26H24FN3O2.CHF3O3S/c1-26(2,27)17-8-10-19-21(12-17)23-20-11-16(7-9-18(20)22(19)32-23)25(31)30-13-14-3-5-15(6-4-14)24(28)29;2-1(3,4)8(5,6)7/h3-12,22-23H,13H2,1-2H3,(H3,28,29)(H,30,31);(H,5,6,7)/t22-,23+;/m1./s1. The number of ether oxygens (including phenoxy) is 1. The molecule has 3 aromatic rings. The number of fused-ring (bicyclic) bond motifs is 8. The Morgan fingerprint density at radius 3 is 1.95 bits per heavy atom. The molecule has 0 fully saturated rings. The number of halogens is 4. The number of rotatable bonds is 5. The fraction of sp³-hybridized carbons (Fsp3) is 0.259. The summed E-state index contributed by atoms with van der Waals surface area (Å²) in [5.41, 5.74) is 5.34. The summed E-state index contributed by atoms with van der Waals surface area (Å²) in [6.07, 6.45) is -0.446. The molecular weight excluding hydrogens is 554 g/mol. The van der Waals surface area contributed by atoms with Crippen LogP contribution in [0.25, 0.3) is 0 Å². The van der Waals surface area contributed by atoms with Gasteiger partial charge < -0.3 is 15.8 Å². The van der Waals surface area contributed by atoms with Crippen LogP contribution in [0.2, 0.25) is 0 Å². The van der Waals surface area contributed by atoms with E-state index in [1.54, 1.807) is 26.0 Å². The summed E-state index contributed by atoms with van der Waals surface area (Å²) in [6, 6.07) is 18.5. The van der Waals surface area contributed by atoms with Crippen molar-refractivity contribution in [3.05, 3.63) is 105 Å². The van der Waals surface area contributed by atoms with Gasteiger partial charge >= 0.3 is 15.6 Å². The zero-order chi connectivity index (χ0) is 29.6. The minimum atomic E-state index is -5.84. The summed E-state index contributed by atoms with van der Waals surface area (Å²) >= 11 is 0. The highest BCUT2D eigenvalue weighted by Gasteiger charge is 2.45. The number of carbonyl (C=O) groups excluding carboxylic acids is 1. The highest BCUT2D eigenvalue weighted by Crippen LogP contribution is 2.54. The van der Waals surface area contributed by atoms with E-state index in [4.69, 9.17) is 28.9 Å². The molecular formula is C27H25F4N3O5S. The Bertz CT molecular complexity index is 1580. The van der Waals surface area contributed by atoms with Gasteiger partial charge in [-0.1, -0.05) is 42.5 Å². The molecule has 2 heterocycles. The molecule has 13 heteroatoms. The molecule has 0 unspecified atom stereocenters. The van der Waals surface area contributed by atoms with Gasteiger partial charge in [-0.2, -0.15) is 21.6 Å². The second-order valence-corrected chi connectivity index (χ2v) is 11.2. The first kappa shape index (κ1) is 29.2. The third-order valence-electron chi connectivity index (χ3n) is 6.53. The minimum Gasteiger partial charge on any atom is -0.384 e. The lowest BCUT2D eigenvalue weighted by Gasteiger charge is -2.20. The number of nitrogens with two attached hydrogens (primary N) is 1. The third kappa shape index (κ3) is 5.86. The number of hydrogen-bond donors (Lipinski definition) is 4. The van der Waals surface area contributed by atoms with E-state index < -0.39 is 21.3 Å². The van der Waals surface area contributed by atoms with Gasteiger partial charge in [0, 0.05) is 17.7 Å². The maximum absolute atomic E-state index is 14.5. The van der Waals surface area contributed by atoms with Gasteiger partial charge in [0.1, 0.15) is 23.7 Å². The third-order valence-corrected chi connectivity index (χ3v) is 7.12. The summed E-state index contributed by atoms with van der Waals surface area (Å²) < 4.78 is 78.2. The van der Waals surface area contributed by atoms with E-state index in [1.165, 1.54) is 0 Å². The number of carbonyl (C=O) groups is 1. The van der Waals surface area contributed by atoms with Crippen molar-refractivity contribution in [1.29, 1.82) is 5.41 Å². The van der Waals surface area contributed by atoms with E-state index in [0.29, 0.717) is 23.2 Å². The van der Waals surface area contributed by atoms with E-state index in [-0.39, 0.29) is 24.0 Å². The maximum Gasteiger partial charge on any atom is 0.522 e. The first-order chi connectivity index (χ1) is 18.5. The summed E-state index contributed by atoms with van der Waals surface area (Å²) in [6.45, 7) is 3.47. The molecule has 0 saturated carbocycles. The number of alkyl halides is 4. The Morgan fingerprint density at radius 2 is 1.43 bits per heavy atom. The summed E-state index contributed by atoms with van der Waals surface area (Å²) in [5, 5.41) is 10.4. The van der Waals surface area contributed by atoms with E-state index in [0.717, 1.165) is 27.8 Å². The van der Waals surface area contributed by atoms with Gasteiger partial charge in [-0.05, 0) is 65.4 Å². The Morgan fingerprint density at radius 1 is 0.925 bits per heavy atom. The van der Waals surface area contributed by atoms with Gasteiger partial charge in [-0.25, -0.2) is 4.39 Å². The number of amides is 1. The van der Waals surface area contributed by atoms with Crippen LogP contribution in [0.5, 0.6) is 0 Å². The minimum absolute atomic E-state index is 0.0130. The van der Waals surface area contributed by atoms with E-state index >= 15 is 0 Å². The van der Waals surface area contributed by atoms with Gasteiger partial charge in [-0.3, -0.25) is 14.8 Å². The largest absolute Gasteiger partial charge is 0.522 e. The van der Waals surface area contributed by atoms with Crippen molar-refractivity contribution >= 4 is 21.9 Å². The number of benzene rings is 3. The number of amidine groups is 1. The molecule has 5 N–H and O–H groups in total. The molecule has 5 rings (SSSR count). The SMILES string of the molecule is CC(C)(F)c1ccc2c(c1)[C@H]1O[C@@H]2c2ccc(C(=O)NCc3ccc(C(=N)N)cc3)cc21.O=S(=O)(O)C(F)(F)F. The fourth-order valence-electron chi connectivity index (χ4n) is 4.44. The molecule has 2 atom stereocenters. The van der Waals surface area contributed by atoms with Crippen LogP contribution in [0, 0.1) is 5.41 Å². The van der Waals surface area contributed by atoms with Gasteiger partial charge in [-0.15, -0.1) is 0 Å². The molecule has 212 valence electrons. The van der Waals surface area contributed by atoms with Gasteiger partial charge in [0.2, 0.25) is 0 Å². The Kier molecular flexibility index (Phi) is 7.52. The monoisotopic (exact) mass is 579 g/mol. The molecule has 0 aromatic heterocycles. The molecule has 3 aromatic carbocycles. The second kappa shape index (κ2) is 10.3. The van der Waals surface area contributed by atoms with Gasteiger partial charge in [0.05, 0.1) is 0 Å². The summed E-state index contributed by atoms with van der Waals surface area (Å²) in [7, 11) is -5.84. The second-order valence-electron chi connectivity index (χ2n) is 9.77. The van der Waals surface area contributed by atoms with Crippen molar-refractivity contribution < 1.29 is 40.1 Å². The zero-order valence-corrected chi connectivity index (χ0v) is 22.0. The Balaban J connectivity index is 0.000000406. The predicted octanol–water partition coefficient (Wildman–Crippen LogP) is 5.02. The van der Waals surface area contributed by atoms with Crippen molar-refractivity contribution in [3.63, 3.8) is 0 Å². The number of hydrogen-bond acceptors (Lipinski definition) is 5. The van der Waals surface area contributed by atoms with E-state index in [9.17, 15) is 22.4 Å². The number of nitrogens with one attached hydrogen (secondary N) is 2. The van der Waals surface area contributed by atoms with E-state index in [2.05, 4.69) is 5.32 Å². The lowest BCUT2D eigenvalue weighted by atomic mass is 9.83. The fourth-order valence-corrected chi connectivity index (χ4v) is 4.44. The van der Waals surface area contributed by atoms with Crippen molar-refractivity contribution in [2.75, 3.05) is 0 Å². The van der Waals surface area contributed by atoms with Crippen LogP contribution in [0.3, 0.4) is 0 Å². The molecule has 0 radical (unpaired) electrons. The van der Waals surface area contributed by atoms with Crippen LogP contribution in [0.1, 0.15) is 75.4 Å². The molecule has 2 bridgehead atoms. The highest BCUT2D eigenvalue weighted by atomic mass is 32.2. The Labute approximate surface area is 227 Å². The van der Waals surface area contributed by atoms with Gasteiger partial charge in [0.15, 0.2) is 0 Å². The molecule has 2 aliphatic heterocycles. The summed E-state index contributed by atoms with van der Waals surface area (Å²) in [5.74, 6) is -0.163. The molecule has 2 aliphatic rings. The molecule has 0 saturated heterocycles. The maximum atomic E-state index is 14.5. The van der Waals surface area contributed by atoms with Crippen LogP contribution >= 0.6 is 0 Å². The first-order valence-corrected chi connectivity index (χ1v) is 13.3. The van der Waals surface area contributed by atoms with Crippen molar-refractivity contribution in [2.45, 2.75) is 43.8 Å². The quantitative estimate of drug-likeness (QED) is 0.110. The molecule has 40 heavy (non-hydrogen) atoms. The van der Waals surface area contributed by atoms with Crippen LogP contribution in [0.4, 0.5) is 17.6 Å². The van der Waals surface area contributed by atoms with Crippen molar-refractivity contribution in [1.82, 2.24) is 5.32 Å². The smallest absolute Gasteiger partial charge is 0.384 e. The lowest BCUT2D eigenvalue weighted by Crippen LogP contribution is -2.23. The Hall–Kier alpha value is -3.81. The molecule has 8 nitrogen and oxygen atoms in total. The van der Waals surface area contributed by atoms with Crippen molar-refractivity contribution in [3.8, 4) is 0 Å². The van der Waals surface area contributed by atoms with Crippen LogP contribution in [-0.2, 0) is 27.1 Å². The predicted molar refractivity (Wildman–Crippen MR) is 138 cm³/mol. The van der Waals surface area contributed by atoms with Gasteiger partial charge in [0.25, 0.3) is 5.91 Å². The van der Waals surface area contributed by atoms with Crippen LogP contribution in [0.15, 0.2) is 60.7 Å². The average molecular weight is 580 g/mol. The highest BCUT2D eigenvalue weighted by molar-refractivity contribution is 7.86. The number of nitrogen functional groups attached to an aromatic ring is 1. The normalized spacial score (nSPS) is 17.4. The topological polar surface area (TPSA) is 143 Å².